The summed E-state index contributed by atoms with van der Waals surface area (Å²) in [5.74, 6) is 0.541. The lowest BCUT2D eigenvalue weighted by molar-refractivity contribution is -0.280. The van der Waals surface area contributed by atoms with Crippen LogP contribution in [0.15, 0.2) is 72.9 Å². The Labute approximate surface area is 223 Å². The van der Waals surface area contributed by atoms with Gasteiger partial charge < -0.3 is 39.2 Å². The zero-order chi connectivity index (χ0) is 27.0. The molecule has 0 spiro atoms. The van der Waals surface area contributed by atoms with Crippen LogP contribution in [0.2, 0.25) is 5.02 Å². The maximum Gasteiger partial charge on any atom is 0.195 e. The number of ketones is 1. The molecule has 9 nitrogen and oxygen atoms in total. The summed E-state index contributed by atoms with van der Waals surface area (Å²) >= 11 is 6.33. The van der Waals surface area contributed by atoms with Gasteiger partial charge in [-0.05, 0) is 30.3 Å². The van der Waals surface area contributed by atoms with Crippen molar-refractivity contribution in [2.75, 3.05) is 13.7 Å². The topological polar surface area (TPSA) is 131 Å². The van der Waals surface area contributed by atoms with E-state index in [4.69, 9.17) is 25.8 Å². The van der Waals surface area contributed by atoms with Gasteiger partial charge in [0.1, 0.15) is 29.8 Å². The maximum absolute atomic E-state index is 13.5. The molecule has 5 rings (SSSR count). The van der Waals surface area contributed by atoms with Gasteiger partial charge in [0.2, 0.25) is 0 Å². The van der Waals surface area contributed by atoms with Crippen molar-refractivity contribution in [3.63, 3.8) is 0 Å². The number of aromatic nitrogens is 1. The average molecular weight is 540 g/mol. The molecule has 38 heavy (non-hydrogen) atoms. The van der Waals surface area contributed by atoms with Crippen LogP contribution < -0.4 is 9.47 Å². The third kappa shape index (κ3) is 4.76. The fourth-order valence-electron chi connectivity index (χ4n) is 4.58. The van der Waals surface area contributed by atoms with Crippen LogP contribution in [0.5, 0.6) is 11.5 Å². The van der Waals surface area contributed by atoms with Crippen LogP contribution >= 0.6 is 11.6 Å². The number of carbonyl (C=O) groups excluding carboxylic acids is 1. The Morgan fingerprint density at radius 2 is 1.79 bits per heavy atom. The Morgan fingerprint density at radius 1 is 1.03 bits per heavy atom. The molecule has 1 aliphatic rings. The molecule has 4 N–H and O–H groups in total. The van der Waals surface area contributed by atoms with Gasteiger partial charge in [0, 0.05) is 27.6 Å². The Balaban J connectivity index is 1.63. The quantitative estimate of drug-likeness (QED) is 0.264. The van der Waals surface area contributed by atoms with Gasteiger partial charge >= 0.3 is 0 Å². The van der Waals surface area contributed by atoms with Gasteiger partial charge in [-0.15, -0.1) is 0 Å². The molecule has 0 unspecified atom stereocenters. The van der Waals surface area contributed by atoms with Crippen molar-refractivity contribution in [1.82, 2.24) is 4.57 Å². The minimum absolute atomic E-state index is 0.209. The van der Waals surface area contributed by atoms with Crippen LogP contribution in [0.1, 0.15) is 15.9 Å². The summed E-state index contributed by atoms with van der Waals surface area (Å²) in [5.41, 5.74) is 1.96. The molecule has 0 saturated carbocycles. The summed E-state index contributed by atoms with van der Waals surface area (Å²) in [7, 11) is 1.52. The maximum atomic E-state index is 13.5. The number of nitrogens with zero attached hydrogens (tertiary/aromatic N) is 1. The Kier molecular flexibility index (Phi) is 7.40. The number of hydrogen-bond acceptors (Lipinski definition) is 8. The van der Waals surface area contributed by atoms with Crippen LogP contribution in [-0.4, -0.2) is 75.2 Å². The lowest BCUT2D eigenvalue weighted by Gasteiger charge is -2.39. The van der Waals surface area contributed by atoms with E-state index in [1.54, 1.807) is 71.4 Å². The number of aliphatic hydroxyl groups is 4. The molecule has 4 aromatic rings. The van der Waals surface area contributed by atoms with Crippen LogP contribution in [0, 0.1) is 0 Å². The third-order valence-corrected chi connectivity index (χ3v) is 6.82. The average Bonchev–Trinajstić information content (AvgIpc) is 3.29. The summed E-state index contributed by atoms with van der Waals surface area (Å²) in [6.07, 6.45) is -5.58. The predicted octanol–water partition coefficient (Wildman–Crippen LogP) is 2.70. The van der Waals surface area contributed by atoms with E-state index in [1.807, 2.05) is 6.07 Å². The number of halogens is 1. The number of benzene rings is 3. The van der Waals surface area contributed by atoms with Gasteiger partial charge in [0.05, 0.1) is 31.1 Å². The number of methoxy groups -OCH3 is 1. The second kappa shape index (κ2) is 10.7. The molecule has 1 saturated heterocycles. The smallest absolute Gasteiger partial charge is 0.195 e. The molecular weight excluding hydrogens is 514 g/mol. The van der Waals surface area contributed by atoms with Gasteiger partial charge in [0.25, 0.3) is 0 Å². The Bertz CT molecular complexity index is 1460. The largest absolute Gasteiger partial charge is 0.497 e. The number of fused-ring (bicyclic) bond motifs is 1. The van der Waals surface area contributed by atoms with E-state index in [1.165, 1.54) is 7.11 Å². The molecule has 5 atom stereocenters. The minimum Gasteiger partial charge on any atom is -0.497 e. The number of carbonyl (C=O) groups is 1. The number of hydrogen-bond donors (Lipinski definition) is 4. The Morgan fingerprint density at radius 3 is 2.50 bits per heavy atom. The molecule has 1 fully saturated rings. The lowest BCUT2D eigenvalue weighted by atomic mass is 9.99. The van der Waals surface area contributed by atoms with Crippen molar-refractivity contribution >= 4 is 28.3 Å². The van der Waals surface area contributed by atoms with E-state index in [-0.39, 0.29) is 11.5 Å². The van der Waals surface area contributed by atoms with Gasteiger partial charge in [0.15, 0.2) is 18.2 Å². The molecule has 0 aliphatic carbocycles. The standard InChI is InChI=1S/C28H26ClNO8/c1-36-17-8-10-19(24(32)15-5-3-2-4-6-15)21(12-17)30-13-22(18-9-7-16(29)11-20(18)30)37-27-26(34)25(33)23(14-31)38-28(27)35/h2-13,23,25-28,31,33-35H,14H2,1H3/t23-,25+,26+,27-,28-/m1/s1. The number of rotatable bonds is 7. The van der Waals surface area contributed by atoms with Crippen LogP contribution in [0.3, 0.4) is 0 Å². The molecule has 0 bridgehead atoms. The lowest BCUT2D eigenvalue weighted by Crippen LogP contribution is -2.60. The summed E-state index contributed by atoms with van der Waals surface area (Å²) in [5, 5.41) is 41.7. The summed E-state index contributed by atoms with van der Waals surface area (Å²) in [6.45, 7) is -0.589. The second-order valence-electron chi connectivity index (χ2n) is 8.91. The summed E-state index contributed by atoms with van der Waals surface area (Å²) in [4.78, 5) is 13.5. The summed E-state index contributed by atoms with van der Waals surface area (Å²) < 4.78 is 18.4. The van der Waals surface area contributed by atoms with Crippen LogP contribution in [0.25, 0.3) is 16.6 Å². The van der Waals surface area contributed by atoms with Crippen LogP contribution in [0.4, 0.5) is 0 Å². The van der Waals surface area contributed by atoms with Crippen molar-refractivity contribution in [3.05, 3.63) is 89.1 Å². The van der Waals surface area contributed by atoms with Gasteiger partial charge in [-0.1, -0.05) is 41.9 Å². The normalized spacial score (nSPS) is 23.4. The van der Waals surface area contributed by atoms with Gasteiger partial charge in [-0.2, -0.15) is 0 Å². The summed E-state index contributed by atoms with van der Waals surface area (Å²) in [6, 6.07) is 19.0. The van der Waals surface area contributed by atoms with E-state index in [2.05, 4.69) is 0 Å². The van der Waals surface area contributed by atoms with E-state index in [0.29, 0.717) is 38.5 Å². The number of ether oxygens (including phenoxy) is 3. The van der Waals surface area contributed by atoms with Crippen molar-refractivity contribution in [2.24, 2.45) is 0 Å². The second-order valence-corrected chi connectivity index (χ2v) is 9.35. The first-order valence-electron chi connectivity index (χ1n) is 11.9. The monoisotopic (exact) mass is 539 g/mol. The zero-order valence-corrected chi connectivity index (χ0v) is 21.0. The van der Waals surface area contributed by atoms with E-state index in [0.717, 1.165) is 0 Å². The van der Waals surface area contributed by atoms with E-state index in [9.17, 15) is 25.2 Å². The highest BCUT2D eigenvalue weighted by Gasteiger charge is 2.45. The van der Waals surface area contributed by atoms with E-state index < -0.39 is 37.3 Å². The fraction of sp³-hybridized carbons (Fsp3) is 0.250. The Hall–Kier alpha value is -3.44. The van der Waals surface area contributed by atoms with Gasteiger partial charge in [-0.25, -0.2) is 0 Å². The van der Waals surface area contributed by atoms with E-state index >= 15 is 0 Å². The van der Waals surface area contributed by atoms with Crippen molar-refractivity contribution in [2.45, 2.75) is 30.7 Å². The van der Waals surface area contributed by atoms with Crippen molar-refractivity contribution in [3.8, 4) is 17.2 Å². The third-order valence-electron chi connectivity index (χ3n) is 6.58. The SMILES string of the molecule is COc1ccc(C(=O)c2ccccc2)c(-n2cc(O[C@@H]3[C@@H](O)[C@@H](O)[C@@H](CO)O[C@H]3O)c3ccc(Cl)cc32)c1. The van der Waals surface area contributed by atoms with Gasteiger partial charge in [-0.3, -0.25) is 4.79 Å². The first kappa shape index (κ1) is 26.2. The highest BCUT2D eigenvalue weighted by molar-refractivity contribution is 6.31. The zero-order valence-electron chi connectivity index (χ0n) is 20.3. The predicted molar refractivity (Wildman–Crippen MR) is 139 cm³/mol. The molecule has 3 aromatic carbocycles. The molecule has 0 amide bonds. The molecule has 10 heteroatoms. The molecular formula is C28H26ClNO8. The molecule has 0 radical (unpaired) electrons. The highest BCUT2D eigenvalue weighted by atomic mass is 35.5. The van der Waals surface area contributed by atoms with Crippen molar-refractivity contribution in [1.29, 1.82) is 0 Å². The minimum atomic E-state index is -1.62. The number of aliphatic hydroxyl groups excluding tert-OH is 4. The van der Waals surface area contributed by atoms with Crippen LogP contribution in [-0.2, 0) is 4.74 Å². The molecule has 1 aromatic heterocycles. The van der Waals surface area contributed by atoms with Crippen molar-refractivity contribution < 1.29 is 39.4 Å². The highest BCUT2D eigenvalue weighted by Crippen LogP contribution is 2.37. The first-order valence-corrected chi connectivity index (χ1v) is 12.3. The molecule has 2 heterocycles. The first-order chi connectivity index (χ1) is 18.3. The fourth-order valence-corrected chi connectivity index (χ4v) is 4.75. The molecule has 198 valence electrons. The molecule has 1 aliphatic heterocycles.